The summed E-state index contributed by atoms with van der Waals surface area (Å²) in [5.74, 6) is 1.99. The van der Waals surface area contributed by atoms with E-state index in [1.807, 2.05) is 31.2 Å². The average molecular weight is 288 g/mol. The van der Waals surface area contributed by atoms with Gasteiger partial charge in [0.1, 0.15) is 11.5 Å². The summed E-state index contributed by atoms with van der Waals surface area (Å²) in [4.78, 5) is 0. The summed E-state index contributed by atoms with van der Waals surface area (Å²) in [6.07, 6.45) is 0. The minimum atomic E-state index is 0.463. The number of methoxy groups -OCH3 is 1. The quantitative estimate of drug-likeness (QED) is 0.750. The van der Waals surface area contributed by atoms with Gasteiger partial charge in [0.05, 0.1) is 12.8 Å². The molecule has 6 nitrogen and oxygen atoms in total. The number of para-hydroxylation sites is 2. The first kappa shape index (κ1) is 12.6. The van der Waals surface area contributed by atoms with Crippen LogP contribution in [-0.4, -0.2) is 27.0 Å². The van der Waals surface area contributed by atoms with E-state index in [1.165, 1.54) is 0 Å². The maximum atomic E-state index is 5.37. The average Bonchev–Trinajstić information content (AvgIpc) is 3.04. The van der Waals surface area contributed by atoms with Gasteiger partial charge in [0.25, 0.3) is 0 Å². The Morgan fingerprint density at radius 1 is 1.35 bits per heavy atom. The number of benzene rings is 1. The van der Waals surface area contributed by atoms with E-state index in [1.54, 1.807) is 17.7 Å². The van der Waals surface area contributed by atoms with Gasteiger partial charge in [-0.05, 0) is 31.3 Å². The molecule has 20 heavy (non-hydrogen) atoms. The molecule has 3 rings (SSSR count). The third-order valence-corrected chi connectivity index (χ3v) is 3.13. The lowest BCUT2D eigenvalue weighted by Gasteiger charge is -2.09. The second-order valence-corrected chi connectivity index (χ2v) is 4.57. The van der Waals surface area contributed by atoms with E-state index >= 15 is 0 Å². The van der Waals surface area contributed by atoms with Gasteiger partial charge in [-0.3, -0.25) is 9.67 Å². The summed E-state index contributed by atoms with van der Waals surface area (Å²) in [6.45, 7) is 1.82. The predicted octanol–water partition coefficient (Wildman–Crippen LogP) is 2.90. The van der Waals surface area contributed by atoms with E-state index in [-0.39, 0.29) is 0 Å². The van der Waals surface area contributed by atoms with Crippen molar-refractivity contribution < 1.29 is 9.26 Å². The number of nitrogens with zero attached hydrogens (tertiary/aromatic N) is 3. The molecule has 0 unspecified atom stereocenters. The van der Waals surface area contributed by atoms with Crippen LogP contribution < -0.4 is 4.74 Å². The zero-order valence-corrected chi connectivity index (χ0v) is 11.8. The summed E-state index contributed by atoms with van der Waals surface area (Å²) < 4.78 is 12.7. The Balaban J connectivity index is 2.24. The summed E-state index contributed by atoms with van der Waals surface area (Å²) in [5.41, 5.74) is 1.41. The van der Waals surface area contributed by atoms with Crippen molar-refractivity contribution in [3.63, 3.8) is 0 Å². The smallest absolute Gasteiger partial charge is 0.200 e. The second kappa shape index (κ2) is 4.93. The van der Waals surface area contributed by atoms with Crippen molar-refractivity contribution in [3.05, 3.63) is 40.9 Å². The van der Waals surface area contributed by atoms with Gasteiger partial charge >= 0.3 is 0 Å². The molecule has 0 saturated heterocycles. The number of hydrogen-bond donors (Lipinski definition) is 1. The third kappa shape index (κ3) is 2.01. The molecule has 1 aromatic carbocycles. The van der Waals surface area contributed by atoms with Crippen molar-refractivity contribution in [3.8, 4) is 23.0 Å². The van der Waals surface area contributed by atoms with Crippen LogP contribution in [0.3, 0.4) is 0 Å². The first-order valence-corrected chi connectivity index (χ1v) is 6.36. The van der Waals surface area contributed by atoms with Crippen molar-refractivity contribution in [1.82, 2.24) is 19.9 Å². The van der Waals surface area contributed by atoms with E-state index < -0.39 is 0 Å². The van der Waals surface area contributed by atoms with E-state index in [9.17, 15) is 0 Å². The molecule has 102 valence electrons. The van der Waals surface area contributed by atoms with Crippen molar-refractivity contribution in [2.75, 3.05) is 7.11 Å². The lowest BCUT2D eigenvalue weighted by atomic mass is 10.2. The third-order valence-electron chi connectivity index (χ3n) is 2.86. The van der Waals surface area contributed by atoms with Gasteiger partial charge in [0, 0.05) is 6.07 Å². The molecule has 0 radical (unpaired) electrons. The molecule has 2 aromatic heterocycles. The first-order valence-electron chi connectivity index (χ1n) is 5.95. The molecular formula is C13H12N4O2S. The largest absolute Gasteiger partial charge is 0.495 e. The van der Waals surface area contributed by atoms with Crippen LogP contribution in [0.2, 0.25) is 0 Å². The lowest BCUT2D eigenvalue weighted by molar-refractivity contribution is 0.399. The molecule has 1 N–H and O–H groups in total. The minimum absolute atomic E-state index is 0.463. The van der Waals surface area contributed by atoms with Crippen LogP contribution in [0.5, 0.6) is 5.75 Å². The van der Waals surface area contributed by atoms with Crippen LogP contribution in [-0.2, 0) is 0 Å². The highest BCUT2D eigenvalue weighted by molar-refractivity contribution is 7.71. The number of nitrogens with one attached hydrogen (secondary N) is 1. The number of aromatic nitrogens is 4. The number of aromatic amines is 1. The fourth-order valence-corrected chi connectivity index (χ4v) is 2.21. The number of aryl methyl sites for hydroxylation is 1. The molecule has 0 saturated carbocycles. The molecule has 0 aliphatic rings. The molecule has 0 amide bonds. The molecule has 7 heteroatoms. The number of hydrogen-bond acceptors (Lipinski definition) is 5. The summed E-state index contributed by atoms with van der Waals surface area (Å²) in [6, 6.07) is 9.37. The van der Waals surface area contributed by atoms with Crippen LogP contribution in [0.1, 0.15) is 5.76 Å². The molecule has 0 aliphatic heterocycles. The van der Waals surface area contributed by atoms with Crippen molar-refractivity contribution in [2.24, 2.45) is 0 Å². The highest BCUT2D eigenvalue weighted by atomic mass is 32.1. The molecule has 0 bridgehead atoms. The van der Waals surface area contributed by atoms with Crippen molar-refractivity contribution >= 4 is 12.2 Å². The second-order valence-electron chi connectivity index (χ2n) is 4.18. The summed E-state index contributed by atoms with van der Waals surface area (Å²) >= 11 is 5.30. The Hall–Kier alpha value is -2.41. The standard InChI is InChI=1S/C13H12N4O2S/c1-8-7-9(16-19-8)12-14-15-13(20)17(12)10-5-3-4-6-11(10)18-2/h3-7H,1-2H3,(H,15,20). The highest BCUT2D eigenvalue weighted by Crippen LogP contribution is 2.27. The van der Waals surface area contributed by atoms with Gasteiger partial charge < -0.3 is 9.26 Å². The zero-order valence-electron chi connectivity index (χ0n) is 11.0. The fourth-order valence-electron chi connectivity index (χ4n) is 1.98. The van der Waals surface area contributed by atoms with Crippen LogP contribution in [0.25, 0.3) is 17.2 Å². The zero-order chi connectivity index (χ0) is 14.1. The monoisotopic (exact) mass is 288 g/mol. The van der Waals surface area contributed by atoms with E-state index in [0.29, 0.717) is 27.8 Å². The van der Waals surface area contributed by atoms with E-state index in [0.717, 1.165) is 5.69 Å². The molecule has 0 fully saturated rings. The van der Waals surface area contributed by atoms with Crippen molar-refractivity contribution in [1.29, 1.82) is 0 Å². The summed E-state index contributed by atoms with van der Waals surface area (Å²) in [5, 5.41) is 11.0. The van der Waals surface area contributed by atoms with Crippen LogP contribution in [0.4, 0.5) is 0 Å². The fraction of sp³-hybridized carbons (Fsp3) is 0.154. The minimum Gasteiger partial charge on any atom is -0.495 e. The predicted molar refractivity (Wildman–Crippen MR) is 75.5 cm³/mol. The van der Waals surface area contributed by atoms with Crippen LogP contribution >= 0.6 is 12.2 Å². The normalized spacial score (nSPS) is 10.7. The molecule has 2 heterocycles. The molecule has 0 aliphatic carbocycles. The maximum absolute atomic E-state index is 5.37. The van der Waals surface area contributed by atoms with Gasteiger partial charge in [0.2, 0.25) is 0 Å². The Kier molecular flexibility index (Phi) is 3.11. The van der Waals surface area contributed by atoms with Gasteiger partial charge in [-0.15, -0.1) is 0 Å². The molecule has 0 atom stereocenters. The molecule has 0 spiro atoms. The maximum Gasteiger partial charge on any atom is 0.200 e. The highest BCUT2D eigenvalue weighted by Gasteiger charge is 2.16. The van der Waals surface area contributed by atoms with Crippen LogP contribution in [0, 0.1) is 11.7 Å². The number of rotatable bonds is 3. The SMILES string of the molecule is COc1ccccc1-n1c(-c2cc(C)on2)n[nH]c1=S. The van der Waals surface area contributed by atoms with E-state index in [2.05, 4.69) is 15.4 Å². The topological polar surface area (TPSA) is 68.9 Å². The molecular weight excluding hydrogens is 276 g/mol. The Morgan fingerprint density at radius 2 is 2.15 bits per heavy atom. The Labute approximate surface area is 120 Å². The Bertz CT molecular complexity index is 803. The van der Waals surface area contributed by atoms with E-state index in [4.69, 9.17) is 21.5 Å². The van der Waals surface area contributed by atoms with Crippen molar-refractivity contribution in [2.45, 2.75) is 6.92 Å². The van der Waals surface area contributed by atoms with Crippen LogP contribution in [0.15, 0.2) is 34.9 Å². The van der Waals surface area contributed by atoms with Gasteiger partial charge in [-0.1, -0.05) is 17.3 Å². The number of H-pyrrole nitrogens is 1. The Morgan fingerprint density at radius 3 is 2.85 bits per heavy atom. The molecule has 3 aromatic rings. The summed E-state index contributed by atoms with van der Waals surface area (Å²) in [7, 11) is 1.61. The van der Waals surface area contributed by atoms with Gasteiger partial charge in [-0.25, -0.2) is 0 Å². The van der Waals surface area contributed by atoms with Gasteiger partial charge in [-0.2, -0.15) is 5.10 Å². The number of ether oxygens (including phenoxy) is 1. The van der Waals surface area contributed by atoms with Gasteiger partial charge in [0.15, 0.2) is 16.3 Å². The lowest BCUT2D eigenvalue weighted by Crippen LogP contribution is -2.00. The first-order chi connectivity index (χ1) is 9.70.